The van der Waals surface area contributed by atoms with Crippen molar-refractivity contribution in [1.29, 1.82) is 0 Å². The van der Waals surface area contributed by atoms with Crippen LogP contribution in [-0.4, -0.2) is 0 Å². The smallest absolute Gasteiger partial charge is 0.0489 e. The van der Waals surface area contributed by atoms with E-state index in [-0.39, 0.29) is 0 Å². The Hall–Kier alpha value is 1.72. The minimum Gasteiger partial charge on any atom is -0.121 e. The third kappa shape index (κ3) is 2.51. The van der Waals surface area contributed by atoms with Crippen molar-refractivity contribution in [3.63, 3.8) is 0 Å². The first-order valence-electron chi connectivity index (χ1n) is 3.50. The molecule has 0 saturated heterocycles. The first-order valence-corrected chi connectivity index (χ1v) is 7.74. The number of alkyl halides is 2. The van der Waals surface area contributed by atoms with Crippen LogP contribution in [0.1, 0.15) is 11.1 Å². The van der Waals surface area contributed by atoms with Gasteiger partial charge in [0, 0.05) is 29.7 Å². The van der Waals surface area contributed by atoms with Crippen LogP contribution in [-0.2, 0) is 11.8 Å². The quantitative estimate of drug-likeness (QED) is 0.263. The zero-order valence-electron chi connectivity index (χ0n) is 6.68. The lowest BCUT2D eigenvalue weighted by Gasteiger charge is -2.13. The summed E-state index contributed by atoms with van der Waals surface area (Å²) >= 11 is 25.6. The van der Waals surface area contributed by atoms with E-state index < -0.39 is 0 Å². The molecule has 78 valence electrons. The Bertz CT molecular complexity index is 330. The highest BCUT2D eigenvalue weighted by molar-refractivity contribution is 9.15. The van der Waals surface area contributed by atoms with E-state index in [0.29, 0.717) is 11.8 Å². The van der Waals surface area contributed by atoms with Gasteiger partial charge in [-0.05, 0) is 74.8 Å². The number of hydrogen-bond acceptors (Lipinski definition) is 0. The molecule has 0 heterocycles. The van der Waals surface area contributed by atoms with Crippen LogP contribution in [0.25, 0.3) is 0 Å². The average molecular weight is 491 g/mol. The number of halogens is 6. The highest BCUT2D eigenvalue weighted by Gasteiger charge is 2.17. The molecule has 0 radical (unpaired) electrons. The molecule has 0 N–H and O–H groups in total. The molecule has 0 unspecified atom stereocenters. The minimum absolute atomic E-state index is 0.424. The lowest BCUT2D eigenvalue weighted by molar-refractivity contribution is 1.20. The second-order valence-corrected chi connectivity index (χ2v) is 6.19. The van der Waals surface area contributed by atoms with Gasteiger partial charge in [-0.3, -0.25) is 0 Å². The highest BCUT2D eigenvalue weighted by atomic mass is 79.9. The van der Waals surface area contributed by atoms with E-state index in [1.807, 2.05) is 0 Å². The second kappa shape index (κ2) is 5.87. The van der Waals surface area contributed by atoms with Gasteiger partial charge >= 0.3 is 0 Å². The summed E-state index contributed by atoms with van der Waals surface area (Å²) in [5, 5.41) is 0. The highest BCUT2D eigenvalue weighted by Crippen LogP contribution is 2.43. The summed E-state index contributed by atoms with van der Waals surface area (Å²) in [4.78, 5) is 0. The molecule has 14 heavy (non-hydrogen) atoms. The lowest BCUT2D eigenvalue weighted by atomic mass is 10.1. The summed E-state index contributed by atoms with van der Waals surface area (Å²) in [5.74, 6) is 0.847. The standard InChI is InChI=1S/C8H4Br4Cl2/c9-5-3(1-13)4(2-14)6(10)8(12)7(5)11/h1-2H2. The van der Waals surface area contributed by atoms with Gasteiger partial charge in [-0.2, -0.15) is 0 Å². The first kappa shape index (κ1) is 13.8. The van der Waals surface area contributed by atoms with Gasteiger partial charge in [-0.1, -0.05) is 0 Å². The molecule has 0 atom stereocenters. The van der Waals surface area contributed by atoms with Crippen LogP contribution in [0.2, 0.25) is 0 Å². The van der Waals surface area contributed by atoms with Crippen LogP contribution in [0.5, 0.6) is 0 Å². The van der Waals surface area contributed by atoms with Crippen LogP contribution in [0, 0.1) is 0 Å². The summed E-state index contributed by atoms with van der Waals surface area (Å²) in [6.45, 7) is 0. The summed E-state index contributed by atoms with van der Waals surface area (Å²) in [7, 11) is 0. The molecule has 0 amide bonds. The van der Waals surface area contributed by atoms with Crippen LogP contribution in [0.15, 0.2) is 17.9 Å². The Labute approximate surface area is 126 Å². The predicted molar refractivity (Wildman–Crippen MR) is 76.4 cm³/mol. The van der Waals surface area contributed by atoms with Gasteiger partial charge < -0.3 is 0 Å². The normalized spacial score (nSPS) is 10.7. The van der Waals surface area contributed by atoms with Crippen molar-refractivity contribution in [3.05, 3.63) is 29.0 Å². The number of rotatable bonds is 2. The average Bonchev–Trinajstić information content (AvgIpc) is 2.20. The van der Waals surface area contributed by atoms with Gasteiger partial charge in [0.15, 0.2) is 0 Å². The van der Waals surface area contributed by atoms with Crippen molar-refractivity contribution in [2.45, 2.75) is 11.8 Å². The maximum Gasteiger partial charge on any atom is 0.0489 e. The third-order valence-corrected chi connectivity index (χ3v) is 7.21. The fourth-order valence-electron chi connectivity index (χ4n) is 1.00. The maximum atomic E-state index is 5.87. The zero-order valence-corrected chi connectivity index (χ0v) is 14.5. The topological polar surface area (TPSA) is 0 Å². The van der Waals surface area contributed by atoms with E-state index >= 15 is 0 Å². The fraction of sp³-hybridized carbons (Fsp3) is 0.250. The van der Waals surface area contributed by atoms with E-state index in [9.17, 15) is 0 Å². The van der Waals surface area contributed by atoms with Gasteiger partial charge in [0.2, 0.25) is 0 Å². The van der Waals surface area contributed by atoms with Gasteiger partial charge in [0.25, 0.3) is 0 Å². The molecule has 0 aliphatic rings. The molecule has 0 spiro atoms. The lowest BCUT2D eigenvalue weighted by Crippen LogP contribution is -1.95. The molecule has 6 heteroatoms. The monoisotopic (exact) mass is 486 g/mol. The Balaban J connectivity index is 3.57. The summed E-state index contributed by atoms with van der Waals surface area (Å²) < 4.78 is 3.76. The van der Waals surface area contributed by atoms with Crippen LogP contribution >= 0.6 is 86.9 Å². The van der Waals surface area contributed by atoms with Crippen molar-refractivity contribution in [2.75, 3.05) is 0 Å². The fourth-order valence-corrected chi connectivity index (χ4v) is 4.48. The van der Waals surface area contributed by atoms with E-state index in [0.717, 1.165) is 29.0 Å². The Morgan fingerprint density at radius 2 is 0.929 bits per heavy atom. The van der Waals surface area contributed by atoms with Crippen molar-refractivity contribution in [1.82, 2.24) is 0 Å². The number of hydrogen-bond donors (Lipinski definition) is 0. The van der Waals surface area contributed by atoms with Crippen LogP contribution in [0.4, 0.5) is 0 Å². The predicted octanol–water partition coefficient (Wildman–Crippen LogP) is 6.21. The molecular formula is C8H4Br4Cl2. The Morgan fingerprint density at radius 3 is 1.14 bits per heavy atom. The molecule has 0 aliphatic carbocycles. The van der Waals surface area contributed by atoms with Gasteiger partial charge in [0.1, 0.15) is 0 Å². The van der Waals surface area contributed by atoms with Crippen molar-refractivity contribution >= 4 is 86.9 Å². The third-order valence-electron chi connectivity index (χ3n) is 1.74. The SMILES string of the molecule is ClCc1c(Br)c(Br)c(Br)c(Br)c1CCl. The van der Waals surface area contributed by atoms with E-state index in [4.69, 9.17) is 23.2 Å². The molecule has 0 bridgehead atoms. The minimum atomic E-state index is 0.424. The molecule has 0 aromatic heterocycles. The summed E-state index contributed by atoms with van der Waals surface area (Å²) in [6.07, 6.45) is 0. The Morgan fingerprint density at radius 1 is 0.643 bits per heavy atom. The second-order valence-electron chi connectivity index (χ2n) is 2.48. The molecule has 0 nitrogen and oxygen atoms in total. The summed E-state index contributed by atoms with van der Waals surface area (Å²) in [6, 6.07) is 0. The maximum absolute atomic E-state index is 5.87. The van der Waals surface area contributed by atoms with Crippen LogP contribution < -0.4 is 0 Å². The van der Waals surface area contributed by atoms with Crippen molar-refractivity contribution < 1.29 is 0 Å². The number of benzene rings is 1. The van der Waals surface area contributed by atoms with Crippen LogP contribution in [0.3, 0.4) is 0 Å². The van der Waals surface area contributed by atoms with Crippen molar-refractivity contribution in [2.24, 2.45) is 0 Å². The van der Waals surface area contributed by atoms with Crippen molar-refractivity contribution in [3.8, 4) is 0 Å². The molecule has 1 aromatic carbocycles. The molecule has 1 rings (SSSR count). The molecule has 0 aliphatic heterocycles. The molecule has 0 fully saturated rings. The van der Waals surface area contributed by atoms with E-state index in [1.54, 1.807) is 0 Å². The first-order chi connectivity index (χ1) is 6.54. The largest absolute Gasteiger partial charge is 0.121 e. The molecule has 1 aromatic rings. The Kier molecular flexibility index (Phi) is 5.78. The molecule has 0 saturated carbocycles. The van der Waals surface area contributed by atoms with Gasteiger partial charge in [-0.15, -0.1) is 23.2 Å². The molecular weight excluding hydrogens is 487 g/mol. The van der Waals surface area contributed by atoms with Gasteiger partial charge in [0.05, 0.1) is 0 Å². The van der Waals surface area contributed by atoms with E-state index in [1.165, 1.54) is 0 Å². The summed E-state index contributed by atoms with van der Waals surface area (Å²) in [5.41, 5.74) is 2.01. The zero-order chi connectivity index (χ0) is 10.9. The van der Waals surface area contributed by atoms with E-state index in [2.05, 4.69) is 63.7 Å². The van der Waals surface area contributed by atoms with Gasteiger partial charge in [-0.25, -0.2) is 0 Å².